The second-order valence-corrected chi connectivity index (χ2v) is 3.96. The van der Waals surface area contributed by atoms with Gasteiger partial charge in [0.25, 0.3) is 0 Å². The van der Waals surface area contributed by atoms with E-state index in [0.29, 0.717) is 5.82 Å². The number of aliphatic hydroxyl groups is 1. The van der Waals surface area contributed by atoms with Gasteiger partial charge in [0, 0.05) is 18.3 Å². The molecule has 1 rings (SSSR count). The number of aromatic nitrogens is 2. The number of rotatable bonds is 5. The summed E-state index contributed by atoms with van der Waals surface area (Å²) >= 11 is 0. The Labute approximate surface area is 104 Å². The third-order valence-electron chi connectivity index (χ3n) is 2.12. The Morgan fingerprint density at radius 2 is 2.17 bits per heavy atom. The largest absolute Gasteiger partial charge is 0.479 e. The van der Waals surface area contributed by atoms with Crippen LogP contribution in [0, 0.1) is 0 Å². The van der Waals surface area contributed by atoms with Crippen molar-refractivity contribution in [1.29, 1.82) is 0 Å². The van der Waals surface area contributed by atoms with E-state index in [9.17, 15) is 9.59 Å². The minimum Gasteiger partial charge on any atom is -0.479 e. The zero-order chi connectivity index (χ0) is 13.7. The Bertz CT molecular complexity index is 429. The highest BCUT2D eigenvalue weighted by atomic mass is 16.4. The second-order valence-electron chi connectivity index (χ2n) is 3.96. The fourth-order valence-corrected chi connectivity index (χ4v) is 1.13. The summed E-state index contributed by atoms with van der Waals surface area (Å²) < 4.78 is 1.67. The molecule has 0 fully saturated rings. The first-order chi connectivity index (χ1) is 8.40. The Morgan fingerprint density at radius 1 is 1.50 bits per heavy atom. The summed E-state index contributed by atoms with van der Waals surface area (Å²) in [6, 6.07) is 1.18. The van der Waals surface area contributed by atoms with Crippen LogP contribution in [0.2, 0.25) is 0 Å². The van der Waals surface area contributed by atoms with Crippen LogP contribution in [-0.4, -0.2) is 44.6 Å². The number of carbonyl (C=O) groups excluding carboxylic acids is 1. The van der Waals surface area contributed by atoms with Crippen molar-refractivity contribution in [2.75, 3.05) is 11.9 Å². The van der Waals surface area contributed by atoms with E-state index >= 15 is 0 Å². The fraction of sp³-hybridized carbons (Fsp3) is 0.500. The lowest BCUT2D eigenvalue weighted by atomic mass is 10.4. The smallest absolute Gasteiger partial charge is 0.334 e. The molecule has 0 aliphatic carbocycles. The molecule has 4 N–H and O–H groups in total. The number of aliphatic carboxylic acids is 1. The van der Waals surface area contributed by atoms with Crippen molar-refractivity contribution in [2.45, 2.75) is 26.0 Å². The van der Waals surface area contributed by atoms with E-state index in [1.807, 2.05) is 13.8 Å². The molecule has 0 saturated heterocycles. The number of amides is 2. The van der Waals surface area contributed by atoms with Crippen LogP contribution in [0.4, 0.5) is 10.6 Å². The van der Waals surface area contributed by atoms with Crippen LogP contribution in [0.1, 0.15) is 19.9 Å². The second kappa shape index (κ2) is 6.01. The molecule has 0 radical (unpaired) electrons. The summed E-state index contributed by atoms with van der Waals surface area (Å²) in [5, 5.41) is 26.1. The molecule has 1 heterocycles. The molecule has 0 saturated carbocycles. The van der Waals surface area contributed by atoms with E-state index in [1.165, 1.54) is 0 Å². The maximum atomic E-state index is 11.3. The minimum atomic E-state index is -1.62. The summed E-state index contributed by atoms with van der Waals surface area (Å²) in [7, 11) is 0. The summed E-state index contributed by atoms with van der Waals surface area (Å²) in [5.74, 6) is -1.04. The van der Waals surface area contributed by atoms with E-state index in [0.717, 1.165) is 0 Å². The van der Waals surface area contributed by atoms with Crippen LogP contribution < -0.4 is 10.6 Å². The Balaban J connectivity index is 2.42. The molecule has 0 spiro atoms. The Kier molecular flexibility index (Phi) is 4.67. The predicted octanol–water partition coefficient (Wildman–Crippen LogP) is 0.0310. The number of aliphatic hydroxyl groups excluding tert-OH is 1. The molecule has 8 nitrogen and oxygen atoms in total. The van der Waals surface area contributed by atoms with Crippen LogP contribution in [0.15, 0.2) is 12.3 Å². The van der Waals surface area contributed by atoms with Gasteiger partial charge in [-0.15, -0.1) is 0 Å². The van der Waals surface area contributed by atoms with Crippen LogP contribution >= 0.6 is 0 Å². The maximum absolute atomic E-state index is 11.3. The number of hydrogen-bond donors (Lipinski definition) is 4. The number of nitrogens with zero attached hydrogens (tertiary/aromatic N) is 2. The SMILES string of the molecule is CC(C)n1ccc(NC(=O)NC[C@H](O)C(=O)O)n1. The van der Waals surface area contributed by atoms with E-state index in [2.05, 4.69) is 15.7 Å². The first-order valence-electron chi connectivity index (χ1n) is 5.41. The van der Waals surface area contributed by atoms with Gasteiger partial charge in [-0.1, -0.05) is 0 Å². The molecule has 0 bridgehead atoms. The van der Waals surface area contributed by atoms with Crippen molar-refractivity contribution in [3.63, 3.8) is 0 Å². The number of carbonyl (C=O) groups is 2. The van der Waals surface area contributed by atoms with Gasteiger partial charge in [0.05, 0.1) is 6.54 Å². The summed E-state index contributed by atoms with van der Waals surface area (Å²) in [6.07, 6.45) is 0.0933. The van der Waals surface area contributed by atoms with Crippen LogP contribution in [0.5, 0.6) is 0 Å². The van der Waals surface area contributed by atoms with Gasteiger partial charge >= 0.3 is 12.0 Å². The van der Waals surface area contributed by atoms with Crippen LogP contribution in [0.25, 0.3) is 0 Å². The number of anilines is 1. The summed E-state index contributed by atoms with van der Waals surface area (Å²) in [4.78, 5) is 21.7. The van der Waals surface area contributed by atoms with Gasteiger partial charge in [0.15, 0.2) is 11.9 Å². The number of urea groups is 1. The molecule has 0 aromatic carbocycles. The minimum absolute atomic E-state index is 0.178. The lowest BCUT2D eigenvalue weighted by molar-refractivity contribution is -0.146. The van der Waals surface area contributed by atoms with Gasteiger partial charge in [0.1, 0.15) is 0 Å². The van der Waals surface area contributed by atoms with E-state index < -0.39 is 18.1 Å². The van der Waals surface area contributed by atoms with E-state index in [4.69, 9.17) is 10.2 Å². The van der Waals surface area contributed by atoms with Gasteiger partial charge in [-0.3, -0.25) is 10.00 Å². The molecule has 1 atom stereocenters. The Hall–Kier alpha value is -2.09. The molecule has 2 amide bonds. The third-order valence-corrected chi connectivity index (χ3v) is 2.12. The lowest BCUT2D eigenvalue weighted by Crippen LogP contribution is -2.38. The van der Waals surface area contributed by atoms with Gasteiger partial charge < -0.3 is 15.5 Å². The van der Waals surface area contributed by atoms with Crippen LogP contribution in [-0.2, 0) is 4.79 Å². The van der Waals surface area contributed by atoms with Gasteiger partial charge in [0.2, 0.25) is 0 Å². The van der Waals surface area contributed by atoms with E-state index in [1.54, 1.807) is 16.9 Å². The fourth-order valence-electron chi connectivity index (χ4n) is 1.13. The lowest BCUT2D eigenvalue weighted by Gasteiger charge is -2.08. The molecule has 0 unspecified atom stereocenters. The molecular weight excluding hydrogens is 240 g/mol. The Morgan fingerprint density at radius 3 is 2.67 bits per heavy atom. The highest BCUT2D eigenvalue weighted by Crippen LogP contribution is 2.07. The molecule has 8 heteroatoms. The zero-order valence-electron chi connectivity index (χ0n) is 10.1. The van der Waals surface area contributed by atoms with Gasteiger partial charge in [-0.05, 0) is 13.8 Å². The van der Waals surface area contributed by atoms with Crippen molar-refractivity contribution >= 4 is 17.8 Å². The number of carboxylic acid groups (broad SMARTS) is 1. The molecular formula is C10H16N4O4. The van der Waals surface area contributed by atoms with Crippen LogP contribution in [0.3, 0.4) is 0 Å². The highest BCUT2D eigenvalue weighted by molar-refractivity contribution is 5.88. The first-order valence-corrected chi connectivity index (χ1v) is 5.41. The maximum Gasteiger partial charge on any atom is 0.334 e. The molecule has 0 aliphatic rings. The average Bonchev–Trinajstić information content (AvgIpc) is 2.74. The first kappa shape index (κ1) is 14.0. The average molecular weight is 256 g/mol. The third kappa shape index (κ3) is 4.06. The van der Waals surface area contributed by atoms with Crippen molar-refractivity contribution in [3.8, 4) is 0 Å². The molecule has 100 valence electrons. The van der Waals surface area contributed by atoms with Crippen molar-refractivity contribution in [3.05, 3.63) is 12.3 Å². The van der Waals surface area contributed by atoms with Crippen molar-refractivity contribution < 1.29 is 19.8 Å². The molecule has 18 heavy (non-hydrogen) atoms. The summed E-state index contributed by atoms with van der Waals surface area (Å²) in [5.41, 5.74) is 0. The molecule has 1 aromatic heterocycles. The highest BCUT2D eigenvalue weighted by Gasteiger charge is 2.14. The predicted molar refractivity (Wildman–Crippen MR) is 63.3 cm³/mol. The summed E-state index contributed by atoms with van der Waals surface area (Å²) in [6.45, 7) is 3.52. The normalized spacial score (nSPS) is 12.2. The van der Waals surface area contributed by atoms with Crippen molar-refractivity contribution in [2.24, 2.45) is 0 Å². The van der Waals surface area contributed by atoms with Crippen molar-refractivity contribution in [1.82, 2.24) is 15.1 Å². The topological polar surface area (TPSA) is 116 Å². The standard InChI is InChI=1S/C10H16N4O4/c1-6(2)14-4-3-8(13-14)12-10(18)11-5-7(15)9(16)17/h3-4,6-7,15H,5H2,1-2H3,(H,16,17)(H2,11,12,13,18)/t7-/m0/s1. The number of hydrogen-bond acceptors (Lipinski definition) is 4. The molecule has 1 aromatic rings. The van der Waals surface area contributed by atoms with Gasteiger partial charge in [-0.25, -0.2) is 9.59 Å². The molecule has 0 aliphatic heterocycles. The number of carboxylic acids is 1. The van der Waals surface area contributed by atoms with Gasteiger partial charge in [-0.2, -0.15) is 5.10 Å². The zero-order valence-corrected chi connectivity index (χ0v) is 10.1. The monoisotopic (exact) mass is 256 g/mol. The van der Waals surface area contributed by atoms with E-state index in [-0.39, 0.29) is 12.6 Å². The quantitative estimate of drug-likeness (QED) is 0.593. The number of nitrogens with one attached hydrogen (secondary N) is 2.